The second-order valence-corrected chi connectivity index (χ2v) is 4.17. The van der Waals surface area contributed by atoms with Gasteiger partial charge < -0.3 is 14.8 Å². The van der Waals surface area contributed by atoms with E-state index in [1.54, 1.807) is 10.7 Å². The predicted octanol–water partition coefficient (Wildman–Crippen LogP) is 2.23. The fourth-order valence-corrected chi connectivity index (χ4v) is 1.93. The van der Waals surface area contributed by atoms with Crippen LogP contribution in [0.25, 0.3) is 0 Å². The summed E-state index contributed by atoms with van der Waals surface area (Å²) in [7, 11) is 0. The molecule has 106 valence electrons. The molecule has 2 heterocycles. The van der Waals surface area contributed by atoms with Crippen LogP contribution in [0.4, 0.5) is 14.5 Å². The molecule has 0 fully saturated rings. The van der Waals surface area contributed by atoms with Gasteiger partial charge in [-0.05, 0) is 19.1 Å². The van der Waals surface area contributed by atoms with Crippen molar-refractivity contribution in [3.63, 3.8) is 0 Å². The zero-order valence-electron chi connectivity index (χ0n) is 10.6. The van der Waals surface area contributed by atoms with Gasteiger partial charge >= 0.3 is 6.29 Å². The third-order valence-electron chi connectivity index (χ3n) is 2.85. The normalized spacial score (nSPS) is 15.3. The summed E-state index contributed by atoms with van der Waals surface area (Å²) in [4.78, 5) is 4.11. The quantitative estimate of drug-likeness (QED) is 0.931. The summed E-state index contributed by atoms with van der Waals surface area (Å²) in [5.41, 5.74) is 0.635. The van der Waals surface area contributed by atoms with E-state index in [0.29, 0.717) is 18.8 Å². The van der Waals surface area contributed by atoms with E-state index in [2.05, 4.69) is 24.9 Å². The Balaban J connectivity index is 1.71. The number of aromatic nitrogens is 3. The number of hydrogen-bond donors (Lipinski definition) is 1. The number of anilines is 1. The maximum Gasteiger partial charge on any atom is 0.586 e. The number of halogens is 2. The zero-order chi connectivity index (χ0) is 14.2. The van der Waals surface area contributed by atoms with Crippen LogP contribution in [0.15, 0.2) is 24.5 Å². The fraction of sp³-hybridized carbons (Fsp3) is 0.333. The van der Waals surface area contributed by atoms with E-state index < -0.39 is 6.29 Å². The lowest BCUT2D eigenvalue weighted by atomic mass is 10.3. The van der Waals surface area contributed by atoms with E-state index in [-0.39, 0.29) is 11.5 Å². The number of benzene rings is 1. The highest BCUT2D eigenvalue weighted by Gasteiger charge is 2.43. The van der Waals surface area contributed by atoms with Crippen molar-refractivity contribution in [1.82, 2.24) is 14.8 Å². The lowest BCUT2D eigenvalue weighted by molar-refractivity contribution is -0.286. The smallest absolute Gasteiger partial charge is 0.395 e. The molecule has 1 aromatic carbocycles. The first-order valence-electron chi connectivity index (χ1n) is 6.08. The molecule has 0 atom stereocenters. The largest absolute Gasteiger partial charge is 0.586 e. The first-order chi connectivity index (χ1) is 9.57. The van der Waals surface area contributed by atoms with Gasteiger partial charge in [-0.15, -0.1) is 8.78 Å². The molecular weight excluding hydrogens is 270 g/mol. The van der Waals surface area contributed by atoms with Gasteiger partial charge in [-0.3, -0.25) is 0 Å². The lowest BCUT2D eigenvalue weighted by Gasteiger charge is -2.07. The molecule has 0 radical (unpaired) electrons. The minimum absolute atomic E-state index is 0.0111. The minimum atomic E-state index is -3.59. The Labute approximate surface area is 113 Å². The summed E-state index contributed by atoms with van der Waals surface area (Å²) in [6, 6.07) is 4.53. The molecule has 2 aromatic rings. The summed E-state index contributed by atoms with van der Waals surface area (Å²) >= 11 is 0. The SMILES string of the molecule is CCn1ncnc1CNc1ccc2c(c1)OC(F)(F)O2. The van der Waals surface area contributed by atoms with Gasteiger partial charge in [0, 0.05) is 18.3 Å². The number of nitrogens with zero attached hydrogens (tertiary/aromatic N) is 3. The topological polar surface area (TPSA) is 61.2 Å². The van der Waals surface area contributed by atoms with Crippen LogP contribution >= 0.6 is 0 Å². The maximum atomic E-state index is 12.9. The van der Waals surface area contributed by atoms with Gasteiger partial charge in [-0.1, -0.05) is 0 Å². The highest BCUT2D eigenvalue weighted by atomic mass is 19.3. The second kappa shape index (κ2) is 4.62. The first kappa shape index (κ1) is 12.6. The van der Waals surface area contributed by atoms with Crippen molar-refractivity contribution in [3.05, 3.63) is 30.4 Å². The van der Waals surface area contributed by atoms with Crippen LogP contribution in [0, 0.1) is 0 Å². The summed E-state index contributed by atoms with van der Waals surface area (Å²) < 4.78 is 36.2. The molecule has 0 spiro atoms. The summed E-state index contributed by atoms with van der Waals surface area (Å²) in [5.74, 6) is 0.796. The Hall–Kier alpha value is -2.38. The standard InChI is InChI=1S/C12H12F2N4O2/c1-2-18-11(16-7-17-18)6-15-8-3-4-9-10(5-8)20-12(13,14)19-9/h3-5,7,15H,2,6H2,1H3. The molecule has 20 heavy (non-hydrogen) atoms. The third-order valence-corrected chi connectivity index (χ3v) is 2.85. The van der Waals surface area contributed by atoms with Gasteiger partial charge in [0.1, 0.15) is 12.2 Å². The van der Waals surface area contributed by atoms with Crippen molar-refractivity contribution in [2.45, 2.75) is 26.3 Å². The molecule has 0 saturated heterocycles. The Morgan fingerprint density at radius 2 is 2.10 bits per heavy atom. The number of alkyl halides is 2. The second-order valence-electron chi connectivity index (χ2n) is 4.17. The molecule has 6 nitrogen and oxygen atoms in total. The molecule has 1 N–H and O–H groups in total. The van der Waals surface area contributed by atoms with E-state index in [1.807, 2.05) is 6.92 Å². The van der Waals surface area contributed by atoms with Gasteiger partial charge in [-0.2, -0.15) is 5.10 Å². The van der Waals surface area contributed by atoms with Crippen molar-refractivity contribution in [2.75, 3.05) is 5.32 Å². The number of aryl methyl sites for hydroxylation is 1. The summed E-state index contributed by atoms with van der Waals surface area (Å²) in [6.07, 6.45) is -2.12. The molecule has 0 amide bonds. The molecule has 0 unspecified atom stereocenters. The number of hydrogen-bond acceptors (Lipinski definition) is 5. The van der Waals surface area contributed by atoms with Crippen molar-refractivity contribution < 1.29 is 18.3 Å². The summed E-state index contributed by atoms with van der Waals surface area (Å²) in [5, 5.41) is 7.12. The Kier molecular flexibility index (Phi) is 2.92. The van der Waals surface area contributed by atoms with Gasteiger partial charge in [0.15, 0.2) is 11.5 Å². The fourth-order valence-electron chi connectivity index (χ4n) is 1.93. The number of fused-ring (bicyclic) bond motifs is 1. The van der Waals surface area contributed by atoms with Crippen molar-refractivity contribution in [1.29, 1.82) is 0 Å². The molecule has 0 saturated carbocycles. The van der Waals surface area contributed by atoms with Crippen LogP contribution in [-0.2, 0) is 13.1 Å². The van der Waals surface area contributed by atoms with Crippen LogP contribution in [0.3, 0.4) is 0 Å². The lowest BCUT2D eigenvalue weighted by Crippen LogP contribution is -2.25. The maximum absolute atomic E-state index is 12.9. The van der Waals surface area contributed by atoms with E-state index in [1.165, 1.54) is 18.5 Å². The van der Waals surface area contributed by atoms with Crippen LogP contribution in [0.1, 0.15) is 12.7 Å². The number of rotatable bonds is 4. The van der Waals surface area contributed by atoms with E-state index in [9.17, 15) is 8.78 Å². The van der Waals surface area contributed by atoms with E-state index >= 15 is 0 Å². The zero-order valence-corrected chi connectivity index (χ0v) is 10.6. The van der Waals surface area contributed by atoms with Gasteiger partial charge in [-0.25, -0.2) is 9.67 Å². The van der Waals surface area contributed by atoms with Crippen molar-refractivity contribution >= 4 is 5.69 Å². The van der Waals surface area contributed by atoms with E-state index in [4.69, 9.17) is 0 Å². The predicted molar refractivity (Wildman–Crippen MR) is 65.7 cm³/mol. The van der Waals surface area contributed by atoms with Crippen LogP contribution in [-0.4, -0.2) is 21.1 Å². The highest BCUT2D eigenvalue weighted by molar-refractivity contribution is 5.55. The van der Waals surface area contributed by atoms with Gasteiger partial charge in [0.25, 0.3) is 0 Å². The highest BCUT2D eigenvalue weighted by Crippen LogP contribution is 2.42. The molecule has 1 aliphatic rings. The molecule has 3 rings (SSSR count). The first-order valence-corrected chi connectivity index (χ1v) is 6.08. The van der Waals surface area contributed by atoms with Crippen LogP contribution < -0.4 is 14.8 Å². The minimum Gasteiger partial charge on any atom is -0.395 e. The Morgan fingerprint density at radius 3 is 2.90 bits per heavy atom. The van der Waals surface area contributed by atoms with Gasteiger partial charge in [0.05, 0.1) is 6.54 Å². The molecule has 0 bridgehead atoms. The number of ether oxygens (including phenoxy) is 2. The van der Waals surface area contributed by atoms with Crippen LogP contribution in [0.2, 0.25) is 0 Å². The molecule has 1 aliphatic heterocycles. The van der Waals surface area contributed by atoms with Crippen LogP contribution in [0.5, 0.6) is 11.5 Å². The Morgan fingerprint density at radius 1 is 1.30 bits per heavy atom. The average Bonchev–Trinajstić information content (AvgIpc) is 2.97. The Bertz CT molecular complexity index is 630. The molecule has 8 heteroatoms. The average molecular weight is 282 g/mol. The third kappa shape index (κ3) is 2.36. The molecular formula is C12H12F2N4O2. The van der Waals surface area contributed by atoms with Gasteiger partial charge in [0.2, 0.25) is 0 Å². The molecule has 0 aliphatic carbocycles. The van der Waals surface area contributed by atoms with Crippen molar-refractivity contribution in [2.24, 2.45) is 0 Å². The number of nitrogens with one attached hydrogen (secondary N) is 1. The summed E-state index contributed by atoms with van der Waals surface area (Å²) in [6.45, 7) is 3.11. The van der Waals surface area contributed by atoms with E-state index in [0.717, 1.165) is 5.82 Å². The molecule has 1 aromatic heterocycles. The monoisotopic (exact) mass is 282 g/mol. The van der Waals surface area contributed by atoms with Crippen molar-refractivity contribution in [3.8, 4) is 11.5 Å².